The second-order valence-electron chi connectivity index (χ2n) is 4.45. The van der Waals surface area contributed by atoms with Gasteiger partial charge >= 0.3 is 0 Å². The zero-order valence-corrected chi connectivity index (χ0v) is 10.7. The van der Waals surface area contributed by atoms with Crippen molar-refractivity contribution in [3.05, 3.63) is 53.1 Å². The van der Waals surface area contributed by atoms with E-state index in [0.29, 0.717) is 13.0 Å². The summed E-state index contributed by atoms with van der Waals surface area (Å²) < 4.78 is 0. The molecule has 2 aromatic rings. The molecule has 94 valence electrons. The highest BCUT2D eigenvalue weighted by molar-refractivity contribution is 5.78. The number of amides is 1. The first-order chi connectivity index (χ1) is 8.65. The highest BCUT2D eigenvalue weighted by atomic mass is 16.1. The van der Waals surface area contributed by atoms with E-state index < -0.39 is 0 Å². The number of nitrogens with zero attached hydrogens (tertiary/aromatic N) is 1. The minimum atomic E-state index is 0.0212. The number of hydrogen-bond acceptors (Lipinski definition) is 2. The second kappa shape index (κ2) is 5.49. The molecule has 0 atom stereocenters. The van der Waals surface area contributed by atoms with Crippen molar-refractivity contribution in [2.24, 2.45) is 0 Å². The van der Waals surface area contributed by atoms with Gasteiger partial charge in [-0.15, -0.1) is 0 Å². The highest BCUT2D eigenvalue weighted by Gasteiger charge is 2.04. The third-order valence-corrected chi connectivity index (χ3v) is 2.97. The molecule has 0 saturated heterocycles. The van der Waals surface area contributed by atoms with Crippen molar-refractivity contribution in [2.75, 3.05) is 0 Å². The number of carbonyl (C=O) groups is 1. The Balaban J connectivity index is 1.88. The van der Waals surface area contributed by atoms with Crippen LogP contribution in [0.5, 0.6) is 0 Å². The van der Waals surface area contributed by atoms with Crippen LogP contribution in [0.3, 0.4) is 0 Å². The zero-order chi connectivity index (χ0) is 13.0. The topological polar surface area (TPSA) is 57.8 Å². The number of nitrogens with one attached hydrogen (secondary N) is 2. The number of aromatic amines is 1. The lowest BCUT2D eigenvalue weighted by Gasteiger charge is -2.06. The molecule has 1 heterocycles. The molecule has 0 bridgehead atoms. The molecule has 1 aromatic heterocycles. The third-order valence-electron chi connectivity index (χ3n) is 2.97. The van der Waals surface area contributed by atoms with Crippen LogP contribution >= 0.6 is 0 Å². The molecule has 4 nitrogen and oxygen atoms in total. The van der Waals surface area contributed by atoms with Gasteiger partial charge in [0.15, 0.2) is 0 Å². The first kappa shape index (κ1) is 12.4. The van der Waals surface area contributed by atoms with Crippen LogP contribution in [0.2, 0.25) is 0 Å². The second-order valence-corrected chi connectivity index (χ2v) is 4.45. The molecule has 0 aliphatic carbocycles. The van der Waals surface area contributed by atoms with E-state index in [1.54, 1.807) is 12.5 Å². The summed E-state index contributed by atoms with van der Waals surface area (Å²) in [5.74, 6) is 0.0212. The van der Waals surface area contributed by atoms with Gasteiger partial charge in [0.05, 0.1) is 25.0 Å². The van der Waals surface area contributed by atoms with Crippen molar-refractivity contribution in [3.63, 3.8) is 0 Å². The Morgan fingerprint density at radius 3 is 2.83 bits per heavy atom. The summed E-state index contributed by atoms with van der Waals surface area (Å²) in [6.07, 6.45) is 3.72. The van der Waals surface area contributed by atoms with E-state index in [1.165, 1.54) is 11.1 Å². The van der Waals surface area contributed by atoms with Crippen LogP contribution in [0.4, 0.5) is 0 Å². The number of H-pyrrole nitrogens is 1. The summed E-state index contributed by atoms with van der Waals surface area (Å²) >= 11 is 0. The highest BCUT2D eigenvalue weighted by Crippen LogP contribution is 2.10. The van der Waals surface area contributed by atoms with Crippen molar-refractivity contribution in [1.29, 1.82) is 0 Å². The predicted molar refractivity (Wildman–Crippen MR) is 70.1 cm³/mol. The predicted octanol–water partition coefficient (Wildman–Crippen LogP) is 1.89. The Morgan fingerprint density at radius 1 is 1.33 bits per heavy atom. The van der Waals surface area contributed by atoms with E-state index in [-0.39, 0.29) is 5.91 Å². The summed E-state index contributed by atoms with van der Waals surface area (Å²) in [5, 5.41) is 2.86. The van der Waals surface area contributed by atoms with Crippen molar-refractivity contribution in [3.8, 4) is 0 Å². The van der Waals surface area contributed by atoms with Crippen LogP contribution < -0.4 is 5.32 Å². The number of carbonyl (C=O) groups excluding carboxylic acids is 1. The van der Waals surface area contributed by atoms with E-state index in [9.17, 15) is 4.79 Å². The maximum absolute atomic E-state index is 11.8. The van der Waals surface area contributed by atoms with Gasteiger partial charge in [-0.2, -0.15) is 0 Å². The normalized spacial score (nSPS) is 10.3. The molecule has 1 aromatic carbocycles. The molecule has 0 saturated carbocycles. The summed E-state index contributed by atoms with van der Waals surface area (Å²) in [4.78, 5) is 18.6. The Labute approximate surface area is 106 Å². The fourth-order valence-corrected chi connectivity index (χ4v) is 1.74. The summed E-state index contributed by atoms with van der Waals surface area (Å²) in [5.41, 5.74) is 4.41. The SMILES string of the molecule is Cc1ccc(CC(=O)NCc2cnc[nH]2)cc1C. The first-order valence-electron chi connectivity index (χ1n) is 5.95. The van der Waals surface area contributed by atoms with Crippen molar-refractivity contribution >= 4 is 5.91 Å². The lowest BCUT2D eigenvalue weighted by Crippen LogP contribution is -2.24. The molecule has 4 heteroatoms. The van der Waals surface area contributed by atoms with Crippen LogP contribution in [0.1, 0.15) is 22.4 Å². The molecule has 0 unspecified atom stereocenters. The molecule has 0 spiro atoms. The number of imidazole rings is 1. The summed E-state index contributed by atoms with van der Waals surface area (Å²) in [7, 11) is 0. The van der Waals surface area contributed by atoms with E-state index in [1.807, 2.05) is 12.1 Å². The largest absolute Gasteiger partial charge is 0.350 e. The van der Waals surface area contributed by atoms with Crippen LogP contribution in [0.15, 0.2) is 30.7 Å². The summed E-state index contributed by atoms with van der Waals surface area (Å²) in [6, 6.07) is 6.11. The maximum atomic E-state index is 11.8. The van der Waals surface area contributed by atoms with Crippen molar-refractivity contribution in [2.45, 2.75) is 26.8 Å². The van der Waals surface area contributed by atoms with E-state index >= 15 is 0 Å². The number of rotatable bonds is 4. The lowest BCUT2D eigenvalue weighted by atomic mass is 10.0. The quantitative estimate of drug-likeness (QED) is 0.861. The Bertz CT molecular complexity index is 532. The van der Waals surface area contributed by atoms with Gasteiger partial charge in [-0.3, -0.25) is 4.79 Å². The molecule has 0 fully saturated rings. The van der Waals surface area contributed by atoms with Crippen LogP contribution in [0, 0.1) is 13.8 Å². The first-order valence-corrected chi connectivity index (χ1v) is 5.95. The molecule has 0 aliphatic heterocycles. The summed E-state index contributed by atoms with van der Waals surface area (Å²) in [6.45, 7) is 4.61. The van der Waals surface area contributed by atoms with E-state index in [0.717, 1.165) is 11.3 Å². The van der Waals surface area contributed by atoms with Gasteiger partial charge < -0.3 is 10.3 Å². The maximum Gasteiger partial charge on any atom is 0.224 e. The van der Waals surface area contributed by atoms with Gasteiger partial charge in [0.2, 0.25) is 5.91 Å². The molecule has 2 N–H and O–H groups in total. The average molecular weight is 243 g/mol. The number of benzene rings is 1. The minimum absolute atomic E-state index is 0.0212. The molecular formula is C14H17N3O. The van der Waals surface area contributed by atoms with Crippen molar-refractivity contribution < 1.29 is 4.79 Å². The van der Waals surface area contributed by atoms with Crippen molar-refractivity contribution in [1.82, 2.24) is 15.3 Å². The monoisotopic (exact) mass is 243 g/mol. The molecular weight excluding hydrogens is 226 g/mol. The van der Waals surface area contributed by atoms with Crippen LogP contribution in [-0.2, 0) is 17.8 Å². The Morgan fingerprint density at radius 2 is 2.17 bits per heavy atom. The Hall–Kier alpha value is -2.10. The van der Waals surface area contributed by atoms with E-state index in [2.05, 4.69) is 35.2 Å². The molecule has 2 rings (SSSR count). The number of aryl methyl sites for hydroxylation is 2. The smallest absolute Gasteiger partial charge is 0.224 e. The van der Waals surface area contributed by atoms with Gasteiger partial charge in [0, 0.05) is 6.20 Å². The fraction of sp³-hybridized carbons (Fsp3) is 0.286. The van der Waals surface area contributed by atoms with Gasteiger partial charge in [0.1, 0.15) is 0 Å². The van der Waals surface area contributed by atoms with Gasteiger partial charge in [-0.1, -0.05) is 18.2 Å². The standard InChI is InChI=1S/C14H17N3O/c1-10-3-4-12(5-11(10)2)6-14(18)16-8-13-7-15-9-17-13/h3-5,7,9H,6,8H2,1-2H3,(H,15,17)(H,16,18). The fourth-order valence-electron chi connectivity index (χ4n) is 1.74. The molecule has 1 amide bonds. The van der Waals surface area contributed by atoms with Gasteiger partial charge in [-0.05, 0) is 30.5 Å². The number of aromatic nitrogens is 2. The van der Waals surface area contributed by atoms with Gasteiger partial charge in [0.25, 0.3) is 0 Å². The number of hydrogen-bond donors (Lipinski definition) is 2. The van der Waals surface area contributed by atoms with Gasteiger partial charge in [-0.25, -0.2) is 4.98 Å². The molecule has 0 aliphatic rings. The Kier molecular flexibility index (Phi) is 3.77. The lowest BCUT2D eigenvalue weighted by molar-refractivity contribution is -0.120. The third kappa shape index (κ3) is 3.20. The average Bonchev–Trinajstić information content (AvgIpc) is 2.84. The minimum Gasteiger partial charge on any atom is -0.350 e. The zero-order valence-electron chi connectivity index (χ0n) is 10.7. The van der Waals surface area contributed by atoms with Crippen LogP contribution in [-0.4, -0.2) is 15.9 Å². The van der Waals surface area contributed by atoms with E-state index in [4.69, 9.17) is 0 Å². The molecule has 0 radical (unpaired) electrons. The van der Waals surface area contributed by atoms with Crippen LogP contribution in [0.25, 0.3) is 0 Å². The molecule has 18 heavy (non-hydrogen) atoms.